The summed E-state index contributed by atoms with van der Waals surface area (Å²) in [4.78, 5) is 26.0. The van der Waals surface area contributed by atoms with E-state index in [1.807, 2.05) is 13.8 Å². The molecule has 1 aromatic rings. The molecule has 2 rings (SSSR count). The standard InChI is InChI=1S/C31H48NO7P/c1-10-12-13-14-23-18-26(33)28(25-17-22(7)15-16-24(25)20(3)4)27(19-23)39-40(36,30(35)38-21(5)6)32-31(8,9)29(34)37-11-2/h17-19,21,24-25,33H,3,10-16H2,1-2,4-9H3,(H,32,36)/t24-,25+,40?/m0/s1. The van der Waals surface area contributed by atoms with Crippen LogP contribution < -0.4 is 9.61 Å². The first kappa shape index (κ1) is 33.6. The van der Waals surface area contributed by atoms with Crippen LogP contribution in [0.25, 0.3) is 0 Å². The summed E-state index contributed by atoms with van der Waals surface area (Å²) in [7, 11) is -4.56. The number of aryl methyl sites for hydroxylation is 1. The number of phenols is 1. The van der Waals surface area contributed by atoms with Gasteiger partial charge in [0.1, 0.15) is 17.0 Å². The zero-order valence-electron chi connectivity index (χ0n) is 25.5. The van der Waals surface area contributed by atoms with Gasteiger partial charge in [0.05, 0.1) is 12.7 Å². The van der Waals surface area contributed by atoms with Gasteiger partial charge in [-0.05, 0) is 97.8 Å². The number of carbonyl (C=O) groups excluding carboxylic acids is 2. The Hall–Kier alpha value is -2.57. The maximum Gasteiger partial charge on any atom is 0.424 e. The summed E-state index contributed by atoms with van der Waals surface area (Å²) in [5.74, 6) is -0.877. The molecule has 0 heterocycles. The number of nitrogens with one attached hydrogen (secondary N) is 1. The summed E-state index contributed by atoms with van der Waals surface area (Å²) < 4.78 is 31.0. The van der Waals surface area contributed by atoms with Gasteiger partial charge < -0.3 is 19.1 Å². The van der Waals surface area contributed by atoms with E-state index >= 15 is 0 Å². The minimum Gasteiger partial charge on any atom is -0.507 e. The SMILES string of the molecule is C=C(C)[C@@H]1CCC(C)=C[C@H]1c1c(O)cc(CCCCC)cc1OP(=O)(NC(C)(C)C(=O)OCC)C(=O)OC(C)C. The van der Waals surface area contributed by atoms with Crippen molar-refractivity contribution in [2.75, 3.05) is 6.61 Å². The van der Waals surface area contributed by atoms with Gasteiger partial charge in [-0.15, -0.1) is 0 Å². The van der Waals surface area contributed by atoms with Gasteiger partial charge in [-0.2, -0.15) is 0 Å². The highest BCUT2D eigenvalue weighted by atomic mass is 31.2. The Balaban J connectivity index is 2.73. The van der Waals surface area contributed by atoms with Crippen LogP contribution >= 0.6 is 7.52 Å². The van der Waals surface area contributed by atoms with E-state index in [1.54, 1.807) is 32.9 Å². The van der Waals surface area contributed by atoms with Crippen molar-refractivity contribution in [2.24, 2.45) is 5.92 Å². The van der Waals surface area contributed by atoms with Gasteiger partial charge in [-0.3, -0.25) is 4.79 Å². The third kappa shape index (κ3) is 8.71. The zero-order valence-corrected chi connectivity index (χ0v) is 26.4. The van der Waals surface area contributed by atoms with Crippen molar-refractivity contribution in [1.82, 2.24) is 5.09 Å². The Morgan fingerprint density at radius 1 is 1.23 bits per heavy atom. The molecule has 0 spiro atoms. The van der Waals surface area contributed by atoms with Gasteiger partial charge >= 0.3 is 19.2 Å². The summed E-state index contributed by atoms with van der Waals surface area (Å²) in [6.45, 7) is 18.3. The van der Waals surface area contributed by atoms with E-state index in [9.17, 15) is 19.3 Å². The van der Waals surface area contributed by atoms with Gasteiger partial charge in [0.2, 0.25) is 0 Å². The molecule has 3 atom stereocenters. The Morgan fingerprint density at radius 2 is 1.90 bits per heavy atom. The van der Waals surface area contributed by atoms with Crippen LogP contribution in [-0.2, 0) is 25.3 Å². The van der Waals surface area contributed by atoms with Gasteiger partial charge in [-0.25, -0.2) is 14.4 Å². The molecule has 9 heteroatoms. The van der Waals surface area contributed by atoms with Crippen LogP contribution in [0.3, 0.4) is 0 Å². The summed E-state index contributed by atoms with van der Waals surface area (Å²) >= 11 is 0. The molecule has 2 N–H and O–H groups in total. The highest BCUT2D eigenvalue weighted by Crippen LogP contribution is 2.53. The largest absolute Gasteiger partial charge is 0.507 e. The molecule has 0 aliphatic heterocycles. The average molecular weight is 578 g/mol. The molecule has 1 aromatic carbocycles. The van der Waals surface area contributed by atoms with Gasteiger partial charge in [-0.1, -0.05) is 43.6 Å². The van der Waals surface area contributed by atoms with Crippen molar-refractivity contribution in [1.29, 1.82) is 0 Å². The average Bonchev–Trinajstić information content (AvgIpc) is 2.83. The number of ether oxygens (including phenoxy) is 2. The topological polar surface area (TPSA) is 111 Å². The van der Waals surface area contributed by atoms with Crippen molar-refractivity contribution < 1.29 is 33.3 Å². The minimum absolute atomic E-state index is 0.000344. The molecule has 0 radical (unpaired) electrons. The highest BCUT2D eigenvalue weighted by molar-refractivity contribution is 7.74. The molecule has 0 saturated carbocycles. The number of aromatic hydroxyl groups is 1. The molecule has 1 aliphatic carbocycles. The maximum absolute atomic E-state index is 14.4. The Labute approximate surface area is 240 Å². The van der Waals surface area contributed by atoms with E-state index in [1.165, 1.54) is 13.8 Å². The number of esters is 1. The van der Waals surface area contributed by atoms with E-state index in [-0.39, 0.29) is 29.9 Å². The van der Waals surface area contributed by atoms with Crippen molar-refractivity contribution in [2.45, 2.75) is 111 Å². The number of hydrogen-bond acceptors (Lipinski definition) is 7. The fourth-order valence-electron chi connectivity index (χ4n) is 4.95. The van der Waals surface area contributed by atoms with Crippen LogP contribution in [0.5, 0.6) is 11.5 Å². The van der Waals surface area contributed by atoms with E-state index in [0.717, 1.165) is 48.8 Å². The summed E-state index contributed by atoms with van der Waals surface area (Å²) in [6.07, 6.45) is 6.83. The Bertz CT molecular complexity index is 1150. The quantitative estimate of drug-likeness (QED) is 0.0985. The number of hydrogen-bond donors (Lipinski definition) is 2. The van der Waals surface area contributed by atoms with Gasteiger partial charge in [0.25, 0.3) is 0 Å². The second-order valence-corrected chi connectivity index (χ2v) is 13.4. The third-order valence-electron chi connectivity index (χ3n) is 6.98. The van der Waals surface area contributed by atoms with E-state index in [0.29, 0.717) is 12.0 Å². The molecule has 40 heavy (non-hydrogen) atoms. The molecule has 8 nitrogen and oxygen atoms in total. The number of benzene rings is 1. The van der Waals surface area contributed by atoms with Crippen molar-refractivity contribution >= 4 is 19.2 Å². The number of unbranched alkanes of at least 4 members (excludes halogenated alkanes) is 2. The first-order valence-corrected chi connectivity index (χ1v) is 15.9. The lowest BCUT2D eigenvalue weighted by Gasteiger charge is -2.33. The van der Waals surface area contributed by atoms with Crippen LogP contribution in [0.2, 0.25) is 0 Å². The smallest absolute Gasteiger partial charge is 0.424 e. The number of carbonyl (C=O) groups is 2. The van der Waals surface area contributed by atoms with Crippen molar-refractivity contribution in [3.8, 4) is 11.5 Å². The molecule has 0 aromatic heterocycles. The number of phenolic OH excluding ortho intramolecular Hbond substituents is 1. The summed E-state index contributed by atoms with van der Waals surface area (Å²) in [5.41, 5.74) is 0.679. The monoisotopic (exact) mass is 577 g/mol. The lowest BCUT2D eigenvalue weighted by atomic mass is 9.73. The number of rotatable bonds is 14. The van der Waals surface area contributed by atoms with E-state index < -0.39 is 30.8 Å². The Morgan fingerprint density at radius 3 is 2.48 bits per heavy atom. The van der Waals surface area contributed by atoms with Crippen LogP contribution in [0, 0.1) is 5.92 Å². The van der Waals surface area contributed by atoms with Gasteiger partial charge in [0, 0.05) is 11.5 Å². The first-order valence-electron chi connectivity index (χ1n) is 14.3. The molecule has 224 valence electrons. The predicted octanol–water partition coefficient (Wildman–Crippen LogP) is 8.19. The Kier molecular flexibility index (Phi) is 12.1. The predicted molar refractivity (Wildman–Crippen MR) is 159 cm³/mol. The maximum atomic E-state index is 14.4. The molecular weight excluding hydrogens is 529 g/mol. The van der Waals surface area contributed by atoms with Crippen LogP contribution in [-0.4, -0.2) is 35.0 Å². The molecule has 0 saturated heterocycles. The summed E-state index contributed by atoms with van der Waals surface area (Å²) in [6, 6.07) is 3.46. The molecular formula is C31H48NO7P. The third-order valence-corrected chi connectivity index (χ3v) is 8.87. The molecule has 1 unspecified atom stereocenters. The fourth-order valence-corrected chi connectivity index (χ4v) is 6.76. The number of allylic oxidation sites excluding steroid dienone is 3. The normalized spacial score (nSPS) is 19.0. The molecule has 0 fully saturated rings. The summed E-state index contributed by atoms with van der Waals surface area (Å²) in [5, 5.41) is 14.0. The fraction of sp³-hybridized carbons (Fsp3) is 0.613. The molecule has 1 aliphatic rings. The minimum atomic E-state index is -4.56. The lowest BCUT2D eigenvalue weighted by Crippen LogP contribution is -2.48. The van der Waals surface area contributed by atoms with Crippen molar-refractivity contribution in [3.63, 3.8) is 0 Å². The van der Waals surface area contributed by atoms with Gasteiger partial charge in [0.15, 0.2) is 0 Å². The first-order chi connectivity index (χ1) is 18.6. The zero-order chi connectivity index (χ0) is 30.3. The molecule has 0 bridgehead atoms. The lowest BCUT2D eigenvalue weighted by molar-refractivity contribution is -0.149. The van der Waals surface area contributed by atoms with Crippen LogP contribution in [0.4, 0.5) is 4.79 Å². The van der Waals surface area contributed by atoms with Crippen molar-refractivity contribution in [3.05, 3.63) is 47.1 Å². The van der Waals surface area contributed by atoms with E-state index in [2.05, 4.69) is 24.7 Å². The highest BCUT2D eigenvalue weighted by Gasteiger charge is 2.46. The molecule has 0 amide bonds. The second-order valence-electron chi connectivity index (χ2n) is 11.5. The van der Waals surface area contributed by atoms with E-state index in [4.69, 9.17) is 14.0 Å². The second kappa shape index (κ2) is 14.4. The van der Waals surface area contributed by atoms with Crippen LogP contribution in [0.1, 0.15) is 105 Å². The van der Waals surface area contributed by atoms with Crippen LogP contribution in [0.15, 0.2) is 35.9 Å².